The molecular weight excluding hydrogens is 282 g/mol. The Morgan fingerprint density at radius 1 is 1.05 bits per heavy atom. The molecule has 0 unspecified atom stereocenters. The molecule has 0 aliphatic heterocycles. The summed E-state index contributed by atoms with van der Waals surface area (Å²) in [6, 6.07) is 18.1. The fourth-order valence-electron chi connectivity index (χ4n) is 1.87. The van der Waals surface area contributed by atoms with Crippen LogP contribution in [0.1, 0.15) is 5.82 Å². The number of rotatable bonds is 5. The van der Waals surface area contributed by atoms with Gasteiger partial charge in [-0.15, -0.1) is 11.8 Å². The Kier molecular flexibility index (Phi) is 4.21. The average molecular weight is 297 g/mol. The maximum absolute atomic E-state index is 5.32. The van der Waals surface area contributed by atoms with Crippen LogP contribution in [-0.2, 0) is 5.75 Å². The molecule has 0 saturated heterocycles. The molecule has 3 aromatic rings. The molecule has 0 aliphatic rings. The summed E-state index contributed by atoms with van der Waals surface area (Å²) in [4.78, 5) is 5.63. The minimum atomic E-state index is 0.557. The highest BCUT2D eigenvalue weighted by atomic mass is 32.2. The summed E-state index contributed by atoms with van der Waals surface area (Å²) in [6.45, 7) is 0. The third kappa shape index (κ3) is 3.44. The molecule has 1 heterocycles. The van der Waals surface area contributed by atoms with Crippen molar-refractivity contribution in [1.29, 1.82) is 0 Å². The van der Waals surface area contributed by atoms with Crippen molar-refractivity contribution in [3.8, 4) is 11.5 Å². The number of thioether (sulfide) groups is 1. The fourth-order valence-corrected chi connectivity index (χ4v) is 2.64. The van der Waals surface area contributed by atoms with E-state index in [1.54, 1.807) is 11.8 Å². The zero-order valence-corrected chi connectivity index (χ0v) is 12.4. The van der Waals surface area contributed by atoms with Crippen molar-refractivity contribution in [3.63, 3.8) is 0 Å². The van der Waals surface area contributed by atoms with Gasteiger partial charge in [0.25, 0.3) is 5.89 Å². The quantitative estimate of drug-likeness (QED) is 0.719. The second kappa shape index (κ2) is 6.45. The lowest BCUT2D eigenvalue weighted by molar-refractivity contribution is 0.425. The molecule has 21 heavy (non-hydrogen) atoms. The van der Waals surface area contributed by atoms with Crippen molar-refractivity contribution in [2.45, 2.75) is 10.6 Å². The van der Waals surface area contributed by atoms with Crippen LogP contribution in [0.3, 0.4) is 0 Å². The van der Waals surface area contributed by atoms with Gasteiger partial charge in [-0.05, 0) is 36.4 Å². The third-order valence-corrected chi connectivity index (χ3v) is 4.01. The molecule has 4 nitrogen and oxygen atoms in total. The highest BCUT2D eigenvalue weighted by Gasteiger charge is 2.09. The van der Waals surface area contributed by atoms with E-state index in [0.29, 0.717) is 17.5 Å². The van der Waals surface area contributed by atoms with E-state index in [4.69, 9.17) is 4.52 Å². The first kappa shape index (κ1) is 13.7. The molecule has 5 heteroatoms. The Bertz CT molecular complexity index is 695. The normalized spacial score (nSPS) is 10.5. The maximum atomic E-state index is 5.32. The van der Waals surface area contributed by atoms with Crippen LogP contribution < -0.4 is 5.32 Å². The lowest BCUT2D eigenvalue weighted by Gasteiger charge is -1.99. The second-order valence-corrected chi connectivity index (χ2v) is 5.49. The summed E-state index contributed by atoms with van der Waals surface area (Å²) in [5.41, 5.74) is 1.98. The molecule has 3 rings (SSSR count). The lowest BCUT2D eigenvalue weighted by Crippen LogP contribution is -1.87. The van der Waals surface area contributed by atoms with Crippen molar-refractivity contribution in [1.82, 2.24) is 10.1 Å². The molecule has 0 atom stereocenters. The van der Waals surface area contributed by atoms with Crippen LogP contribution in [-0.4, -0.2) is 17.2 Å². The first-order valence-electron chi connectivity index (χ1n) is 6.64. The van der Waals surface area contributed by atoms with Crippen LogP contribution in [0.5, 0.6) is 0 Å². The SMILES string of the molecule is CNc1ccc(-c2nc(CSc3ccccc3)no2)cc1. The summed E-state index contributed by atoms with van der Waals surface area (Å²) >= 11 is 1.69. The van der Waals surface area contributed by atoms with E-state index in [2.05, 4.69) is 27.6 Å². The minimum absolute atomic E-state index is 0.557. The summed E-state index contributed by atoms with van der Waals surface area (Å²) in [5.74, 6) is 1.96. The molecule has 0 aliphatic carbocycles. The van der Waals surface area contributed by atoms with Gasteiger partial charge in [-0.3, -0.25) is 0 Å². The first-order valence-corrected chi connectivity index (χ1v) is 7.62. The van der Waals surface area contributed by atoms with Gasteiger partial charge in [-0.2, -0.15) is 4.98 Å². The molecule has 2 aromatic carbocycles. The van der Waals surface area contributed by atoms with E-state index >= 15 is 0 Å². The number of anilines is 1. The second-order valence-electron chi connectivity index (χ2n) is 4.44. The van der Waals surface area contributed by atoms with Crippen LogP contribution in [0.2, 0.25) is 0 Å². The molecule has 1 aromatic heterocycles. The standard InChI is InChI=1S/C16H15N3OS/c1-17-13-9-7-12(8-10-13)16-18-15(19-20-16)11-21-14-5-3-2-4-6-14/h2-10,17H,11H2,1H3. The van der Waals surface area contributed by atoms with Crippen molar-refractivity contribution in [3.05, 3.63) is 60.4 Å². The number of nitrogens with one attached hydrogen (secondary N) is 1. The van der Waals surface area contributed by atoms with Crippen molar-refractivity contribution < 1.29 is 4.52 Å². The van der Waals surface area contributed by atoms with Crippen LogP contribution in [0, 0.1) is 0 Å². The van der Waals surface area contributed by atoms with Gasteiger partial charge >= 0.3 is 0 Å². The molecule has 1 N–H and O–H groups in total. The minimum Gasteiger partial charge on any atom is -0.388 e. The number of hydrogen-bond acceptors (Lipinski definition) is 5. The van der Waals surface area contributed by atoms with Crippen LogP contribution in [0.4, 0.5) is 5.69 Å². The van der Waals surface area contributed by atoms with E-state index < -0.39 is 0 Å². The molecule has 0 spiro atoms. The van der Waals surface area contributed by atoms with Crippen LogP contribution in [0.15, 0.2) is 64.0 Å². The Balaban J connectivity index is 1.68. The van der Waals surface area contributed by atoms with E-state index in [9.17, 15) is 0 Å². The molecule has 0 amide bonds. The fraction of sp³-hybridized carbons (Fsp3) is 0.125. The van der Waals surface area contributed by atoms with Crippen molar-refractivity contribution in [2.24, 2.45) is 0 Å². The van der Waals surface area contributed by atoms with Gasteiger partial charge in [-0.25, -0.2) is 0 Å². The Labute approximate surface area is 127 Å². The van der Waals surface area contributed by atoms with Crippen LogP contribution in [0.25, 0.3) is 11.5 Å². The van der Waals surface area contributed by atoms with Gasteiger partial charge in [-0.1, -0.05) is 23.4 Å². The molecular formula is C16H15N3OS. The van der Waals surface area contributed by atoms with Crippen molar-refractivity contribution in [2.75, 3.05) is 12.4 Å². The maximum Gasteiger partial charge on any atom is 0.257 e. The van der Waals surface area contributed by atoms with Gasteiger partial charge in [0.05, 0.1) is 5.75 Å². The van der Waals surface area contributed by atoms with Gasteiger partial charge < -0.3 is 9.84 Å². The number of benzene rings is 2. The van der Waals surface area contributed by atoms with E-state index in [1.165, 1.54) is 4.90 Å². The Morgan fingerprint density at radius 3 is 2.52 bits per heavy atom. The molecule has 106 valence electrons. The van der Waals surface area contributed by atoms with E-state index in [-0.39, 0.29) is 0 Å². The highest BCUT2D eigenvalue weighted by Crippen LogP contribution is 2.23. The highest BCUT2D eigenvalue weighted by molar-refractivity contribution is 7.98. The van der Waals surface area contributed by atoms with E-state index in [1.807, 2.05) is 49.5 Å². The Hall–Kier alpha value is -2.27. The predicted octanol–water partition coefficient (Wildman–Crippen LogP) is 4.07. The lowest BCUT2D eigenvalue weighted by atomic mass is 10.2. The number of nitrogens with zero attached hydrogens (tertiary/aromatic N) is 2. The number of aromatic nitrogens is 2. The predicted molar refractivity (Wildman–Crippen MR) is 85.3 cm³/mol. The van der Waals surface area contributed by atoms with Gasteiger partial charge in [0.2, 0.25) is 0 Å². The third-order valence-electron chi connectivity index (χ3n) is 3.00. The van der Waals surface area contributed by atoms with E-state index in [0.717, 1.165) is 11.3 Å². The van der Waals surface area contributed by atoms with Gasteiger partial charge in [0, 0.05) is 23.2 Å². The summed E-state index contributed by atoms with van der Waals surface area (Å²) in [7, 11) is 1.89. The zero-order chi connectivity index (χ0) is 14.5. The monoisotopic (exact) mass is 297 g/mol. The summed E-state index contributed by atoms with van der Waals surface area (Å²) in [6.07, 6.45) is 0. The Morgan fingerprint density at radius 2 is 1.81 bits per heavy atom. The molecule has 0 fully saturated rings. The summed E-state index contributed by atoms with van der Waals surface area (Å²) in [5, 5.41) is 7.11. The zero-order valence-electron chi connectivity index (χ0n) is 11.6. The summed E-state index contributed by atoms with van der Waals surface area (Å²) < 4.78 is 5.32. The first-order chi connectivity index (χ1) is 10.3. The van der Waals surface area contributed by atoms with Gasteiger partial charge in [0.15, 0.2) is 5.82 Å². The smallest absolute Gasteiger partial charge is 0.257 e. The molecule has 0 bridgehead atoms. The number of hydrogen-bond donors (Lipinski definition) is 1. The topological polar surface area (TPSA) is 51.0 Å². The largest absolute Gasteiger partial charge is 0.388 e. The molecule has 0 saturated carbocycles. The van der Waals surface area contributed by atoms with Crippen molar-refractivity contribution >= 4 is 17.4 Å². The van der Waals surface area contributed by atoms with Gasteiger partial charge in [0.1, 0.15) is 0 Å². The molecule has 0 radical (unpaired) electrons. The van der Waals surface area contributed by atoms with Crippen LogP contribution >= 0.6 is 11.8 Å². The average Bonchev–Trinajstić information content (AvgIpc) is 3.03.